The summed E-state index contributed by atoms with van der Waals surface area (Å²) in [5, 5.41) is 43.0. The van der Waals surface area contributed by atoms with Crippen molar-refractivity contribution >= 4 is 0 Å². The molecule has 4 saturated carbocycles. The Bertz CT molecular complexity index is 551. The third-order valence-corrected chi connectivity index (χ3v) is 9.01. The van der Waals surface area contributed by atoms with Gasteiger partial charge >= 0.3 is 0 Å². The second kappa shape index (κ2) is 10.1. The van der Waals surface area contributed by atoms with E-state index in [-0.39, 0.29) is 0 Å². The molecular formula is C24H42O8. The second-order valence-corrected chi connectivity index (χ2v) is 10.9. The number of hydrogen-bond acceptors (Lipinski definition) is 8. The molecule has 4 aliphatic rings. The monoisotopic (exact) mass is 458 g/mol. The van der Waals surface area contributed by atoms with Crippen LogP contribution in [0.4, 0.5) is 0 Å². The van der Waals surface area contributed by atoms with Crippen molar-refractivity contribution in [3.8, 4) is 0 Å². The Morgan fingerprint density at radius 3 is 1.16 bits per heavy atom. The van der Waals surface area contributed by atoms with Crippen LogP contribution in [0.15, 0.2) is 0 Å². The van der Waals surface area contributed by atoms with Gasteiger partial charge in [-0.2, -0.15) is 9.78 Å². The van der Waals surface area contributed by atoms with Gasteiger partial charge in [-0.25, -0.2) is 9.78 Å². The van der Waals surface area contributed by atoms with Crippen molar-refractivity contribution in [2.75, 3.05) is 0 Å². The van der Waals surface area contributed by atoms with Gasteiger partial charge in [0.15, 0.2) is 0 Å². The van der Waals surface area contributed by atoms with E-state index in [1.165, 1.54) is 0 Å². The molecule has 32 heavy (non-hydrogen) atoms. The Morgan fingerprint density at radius 2 is 0.812 bits per heavy atom. The van der Waals surface area contributed by atoms with Gasteiger partial charge in [-0.3, -0.25) is 10.5 Å². The zero-order valence-corrected chi connectivity index (χ0v) is 19.3. The first-order valence-electron chi connectivity index (χ1n) is 12.9. The largest absolute Gasteiger partial charge is 0.363 e. The van der Waals surface area contributed by atoms with Crippen LogP contribution in [0.25, 0.3) is 0 Å². The molecule has 4 atom stereocenters. The molecule has 8 heteroatoms. The molecule has 0 radical (unpaired) electrons. The highest BCUT2D eigenvalue weighted by molar-refractivity contribution is 5.00. The molecular weight excluding hydrogens is 416 g/mol. The van der Waals surface area contributed by atoms with Crippen molar-refractivity contribution in [3.63, 3.8) is 0 Å². The van der Waals surface area contributed by atoms with Gasteiger partial charge in [0.2, 0.25) is 11.6 Å². The number of aliphatic hydroxyl groups is 2. The van der Waals surface area contributed by atoms with Gasteiger partial charge in [-0.15, -0.1) is 0 Å². The van der Waals surface area contributed by atoms with Crippen LogP contribution in [0, 0.1) is 11.8 Å². The van der Waals surface area contributed by atoms with E-state index in [1.54, 1.807) is 0 Å². The molecule has 4 N–H and O–H groups in total. The molecule has 0 aliphatic heterocycles. The maximum atomic E-state index is 11.6. The molecule has 0 aromatic rings. The molecule has 0 amide bonds. The van der Waals surface area contributed by atoms with E-state index in [9.17, 15) is 20.7 Å². The summed E-state index contributed by atoms with van der Waals surface area (Å²) in [4.78, 5) is 21.7. The molecule has 0 spiro atoms. The normalized spacial score (nSPS) is 40.1. The van der Waals surface area contributed by atoms with Crippen LogP contribution in [-0.2, 0) is 19.6 Å². The average Bonchev–Trinajstić information content (AvgIpc) is 2.84. The van der Waals surface area contributed by atoms with Gasteiger partial charge in [0.1, 0.15) is 11.2 Å². The standard InChI is InChI=1S/C24H42O8/c25-23(17-9-3-11-19(23)21(29-27)13-5-1-6-14-21)31-32-24(26)18-10-4-12-20(24)22(30-28)15-7-2-8-16-22/h19-20,25-28H,1-18H2. The minimum absolute atomic E-state index is 0.352. The van der Waals surface area contributed by atoms with Crippen LogP contribution in [0.3, 0.4) is 0 Å². The van der Waals surface area contributed by atoms with E-state index in [0.717, 1.165) is 64.2 Å². The Hall–Kier alpha value is -0.320. The van der Waals surface area contributed by atoms with E-state index in [1.807, 2.05) is 0 Å². The van der Waals surface area contributed by atoms with Crippen molar-refractivity contribution in [1.82, 2.24) is 0 Å². The lowest BCUT2D eigenvalue weighted by molar-refractivity contribution is -0.537. The van der Waals surface area contributed by atoms with Crippen molar-refractivity contribution in [1.29, 1.82) is 0 Å². The van der Waals surface area contributed by atoms with Crippen molar-refractivity contribution < 1.29 is 40.3 Å². The molecule has 8 nitrogen and oxygen atoms in total. The highest BCUT2D eigenvalue weighted by Gasteiger charge is 2.58. The summed E-state index contributed by atoms with van der Waals surface area (Å²) < 4.78 is 0. The lowest BCUT2D eigenvalue weighted by Gasteiger charge is -2.52. The molecule has 0 heterocycles. The topological polar surface area (TPSA) is 118 Å². The Labute approximate surface area is 191 Å². The molecule has 0 aromatic carbocycles. The van der Waals surface area contributed by atoms with Crippen molar-refractivity contribution in [3.05, 3.63) is 0 Å². The molecule has 186 valence electrons. The Kier molecular flexibility index (Phi) is 7.84. The van der Waals surface area contributed by atoms with Gasteiger partial charge in [0.05, 0.1) is 0 Å². The summed E-state index contributed by atoms with van der Waals surface area (Å²) in [5.41, 5.74) is -1.71. The minimum Gasteiger partial charge on any atom is -0.363 e. The second-order valence-electron chi connectivity index (χ2n) is 10.9. The fourth-order valence-corrected chi connectivity index (χ4v) is 7.25. The summed E-state index contributed by atoms with van der Waals surface area (Å²) >= 11 is 0. The highest BCUT2D eigenvalue weighted by atomic mass is 17.3. The molecule has 4 fully saturated rings. The maximum absolute atomic E-state index is 11.6. The van der Waals surface area contributed by atoms with Crippen molar-refractivity contribution in [2.45, 2.75) is 138 Å². The molecule has 0 aromatic heterocycles. The van der Waals surface area contributed by atoms with Crippen LogP contribution in [0.1, 0.15) is 116 Å². The zero-order chi connectivity index (χ0) is 22.7. The molecule has 4 aliphatic carbocycles. The average molecular weight is 459 g/mol. The summed E-state index contributed by atoms with van der Waals surface area (Å²) in [6, 6.07) is 0. The van der Waals surface area contributed by atoms with Crippen LogP contribution >= 0.6 is 0 Å². The first-order chi connectivity index (χ1) is 15.4. The molecule has 4 unspecified atom stereocenters. The Morgan fingerprint density at radius 1 is 0.469 bits per heavy atom. The molecule has 4 rings (SSSR count). The first kappa shape index (κ1) is 24.8. The van der Waals surface area contributed by atoms with Gasteiger partial charge < -0.3 is 10.2 Å². The summed E-state index contributed by atoms with van der Waals surface area (Å²) in [5.74, 6) is -4.21. The molecule has 0 saturated heterocycles. The van der Waals surface area contributed by atoms with Gasteiger partial charge in [-0.05, 0) is 51.4 Å². The summed E-state index contributed by atoms with van der Waals surface area (Å²) in [6.45, 7) is 0. The predicted molar refractivity (Wildman–Crippen MR) is 115 cm³/mol. The summed E-state index contributed by atoms with van der Waals surface area (Å²) in [7, 11) is 0. The third kappa shape index (κ3) is 4.62. The minimum atomic E-state index is -1.66. The van der Waals surface area contributed by atoms with Gasteiger partial charge in [0.25, 0.3) is 0 Å². The fourth-order valence-electron chi connectivity index (χ4n) is 7.25. The lowest BCUT2D eigenvalue weighted by Crippen LogP contribution is -2.60. The van der Waals surface area contributed by atoms with Crippen LogP contribution < -0.4 is 0 Å². The SMILES string of the molecule is OOC1(C2CCCCC2(O)OOC2(O)CCCCC2C2(OO)CCCCC2)CCCCC1. The smallest absolute Gasteiger partial charge is 0.205 e. The highest BCUT2D eigenvalue weighted by Crippen LogP contribution is 2.52. The van der Waals surface area contributed by atoms with Crippen LogP contribution in [0.5, 0.6) is 0 Å². The quantitative estimate of drug-likeness (QED) is 0.237. The number of rotatable bonds is 7. The van der Waals surface area contributed by atoms with Crippen LogP contribution in [-0.4, -0.2) is 43.5 Å². The summed E-state index contributed by atoms with van der Waals surface area (Å²) in [6.07, 6.45) is 13.9. The van der Waals surface area contributed by atoms with Crippen LogP contribution in [0.2, 0.25) is 0 Å². The van der Waals surface area contributed by atoms with E-state index >= 15 is 0 Å². The van der Waals surface area contributed by atoms with E-state index in [4.69, 9.17) is 19.6 Å². The molecule has 0 bridgehead atoms. The zero-order valence-electron chi connectivity index (χ0n) is 19.3. The van der Waals surface area contributed by atoms with Crippen molar-refractivity contribution in [2.24, 2.45) is 11.8 Å². The fraction of sp³-hybridized carbons (Fsp3) is 1.00. The van der Waals surface area contributed by atoms with Gasteiger partial charge in [0, 0.05) is 24.7 Å². The predicted octanol–water partition coefficient (Wildman–Crippen LogP) is 5.08. The van der Waals surface area contributed by atoms with E-state index < -0.39 is 34.6 Å². The lowest BCUT2D eigenvalue weighted by atomic mass is 9.66. The first-order valence-corrected chi connectivity index (χ1v) is 12.9. The Balaban J connectivity index is 1.53. The number of hydrogen-bond donors (Lipinski definition) is 4. The van der Waals surface area contributed by atoms with E-state index in [2.05, 4.69) is 0 Å². The van der Waals surface area contributed by atoms with E-state index in [0.29, 0.717) is 51.4 Å². The van der Waals surface area contributed by atoms with Gasteiger partial charge in [-0.1, -0.05) is 51.4 Å². The maximum Gasteiger partial charge on any atom is 0.205 e. The third-order valence-electron chi connectivity index (χ3n) is 9.01.